The minimum Gasteiger partial charge on any atom is -0.366 e. The fourth-order valence-corrected chi connectivity index (χ4v) is 3.08. The van der Waals surface area contributed by atoms with Crippen molar-refractivity contribution in [2.75, 3.05) is 37.4 Å². The highest BCUT2D eigenvalue weighted by Gasteiger charge is 2.30. The predicted octanol–water partition coefficient (Wildman–Crippen LogP) is 3.25. The van der Waals surface area contributed by atoms with E-state index in [1.54, 1.807) is 6.07 Å². The van der Waals surface area contributed by atoms with Crippen LogP contribution >= 0.6 is 0 Å². The molecule has 1 N–H and O–H groups in total. The van der Waals surface area contributed by atoms with Crippen molar-refractivity contribution in [2.24, 2.45) is 0 Å². The van der Waals surface area contributed by atoms with E-state index in [0.29, 0.717) is 12.1 Å². The number of benzene rings is 1. The van der Waals surface area contributed by atoms with Gasteiger partial charge in [0.25, 0.3) is 0 Å². The van der Waals surface area contributed by atoms with E-state index in [1.165, 1.54) is 18.5 Å². The van der Waals surface area contributed by atoms with Crippen molar-refractivity contribution in [3.63, 3.8) is 0 Å². The number of halogens is 3. The zero-order valence-corrected chi connectivity index (χ0v) is 14.8. The molecule has 0 bridgehead atoms. The third-order valence-electron chi connectivity index (χ3n) is 4.40. The van der Waals surface area contributed by atoms with Crippen LogP contribution in [0.1, 0.15) is 17.5 Å². The minimum atomic E-state index is -4.30. The molecular weight excluding hydrogens is 343 g/mol. The molecule has 1 unspecified atom stereocenters. The van der Waals surface area contributed by atoms with Crippen LogP contribution in [0.5, 0.6) is 0 Å². The van der Waals surface area contributed by atoms with Crippen LogP contribution in [0.3, 0.4) is 0 Å². The second kappa shape index (κ2) is 7.49. The lowest BCUT2D eigenvalue weighted by molar-refractivity contribution is -0.137. The Labute approximate surface area is 150 Å². The van der Waals surface area contributed by atoms with Gasteiger partial charge in [0.1, 0.15) is 18.0 Å². The number of alkyl halides is 3. The summed E-state index contributed by atoms with van der Waals surface area (Å²) >= 11 is 0. The quantitative estimate of drug-likeness (QED) is 0.881. The van der Waals surface area contributed by atoms with Gasteiger partial charge in [0, 0.05) is 45.8 Å². The van der Waals surface area contributed by atoms with E-state index in [-0.39, 0.29) is 6.04 Å². The van der Waals surface area contributed by atoms with Crippen molar-refractivity contribution >= 4 is 11.6 Å². The maximum atomic E-state index is 12.8. The van der Waals surface area contributed by atoms with Gasteiger partial charge in [-0.25, -0.2) is 9.97 Å². The number of hydrogen-bond donors (Lipinski definition) is 1. The first-order chi connectivity index (χ1) is 12.3. The van der Waals surface area contributed by atoms with Gasteiger partial charge in [-0.1, -0.05) is 18.2 Å². The van der Waals surface area contributed by atoms with Gasteiger partial charge in [0.15, 0.2) is 0 Å². The Hall–Kier alpha value is -2.35. The largest absolute Gasteiger partial charge is 0.416 e. The first-order valence-corrected chi connectivity index (χ1v) is 8.45. The molecule has 1 aliphatic rings. The maximum Gasteiger partial charge on any atom is 0.416 e. The summed E-state index contributed by atoms with van der Waals surface area (Å²) in [4.78, 5) is 12.5. The van der Waals surface area contributed by atoms with Crippen molar-refractivity contribution in [3.05, 3.63) is 47.8 Å². The van der Waals surface area contributed by atoms with Crippen LogP contribution in [0.25, 0.3) is 0 Å². The molecule has 1 atom stereocenters. The van der Waals surface area contributed by atoms with Gasteiger partial charge in [-0.2, -0.15) is 13.2 Å². The summed E-state index contributed by atoms with van der Waals surface area (Å²) in [6.45, 7) is 2.10. The lowest BCUT2D eigenvalue weighted by Crippen LogP contribution is -2.26. The van der Waals surface area contributed by atoms with Crippen LogP contribution < -0.4 is 10.2 Å². The first kappa shape index (κ1) is 18.4. The lowest BCUT2D eigenvalue weighted by atomic mass is 10.1. The fourth-order valence-electron chi connectivity index (χ4n) is 3.08. The number of likely N-dealkylation sites (tertiary alicyclic amines) is 1. The van der Waals surface area contributed by atoms with Crippen molar-refractivity contribution in [1.82, 2.24) is 14.9 Å². The Balaban J connectivity index is 1.58. The number of anilines is 2. The molecule has 0 amide bonds. The average Bonchev–Trinajstić information content (AvgIpc) is 3.01. The molecule has 5 nitrogen and oxygen atoms in total. The van der Waals surface area contributed by atoms with Gasteiger partial charge in [-0.3, -0.25) is 4.90 Å². The molecule has 3 rings (SSSR count). The number of nitrogens with one attached hydrogen (secondary N) is 1. The Morgan fingerprint density at radius 2 is 2.04 bits per heavy atom. The summed E-state index contributed by atoms with van der Waals surface area (Å²) < 4.78 is 38.5. The van der Waals surface area contributed by atoms with Gasteiger partial charge in [0.05, 0.1) is 5.56 Å². The zero-order chi connectivity index (χ0) is 18.7. The molecule has 140 valence electrons. The lowest BCUT2D eigenvalue weighted by Gasteiger charge is -2.18. The summed E-state index contributed by atoms with van der Waals surface area (Å²) in [5.74, 6) is 1.58. The van der Waals surface area contributed by atoms with Gasteiger partial charge >= 0.3 is 6.18 Å². The molecule has 0 aliphatic carbocycles. The Kier molecular flexibility index (Phi) is 5.31. The van der Waals surface area contributed by atoms with Crippen molar-refractivity contribution in [3.8, 4) is 0 Å². The molecule has 1 saturated heterocycles. The second-order valence-electron chi connectivity index (χ2n) is 6.72. The van der Waals surface area contributed by atoms with Crippen LogP contribution in [-0.2, 0) is 12.7 Å². The van der Waals surface area contributed by atoms with Crippen LogP contribution in [-0.4, -0.2) is 48.1 Å². The summed E-state index contributed by atoms with van der Waals surface area (Å²) in [7, 11) is 3.83. The first-order valence-electron chi connectivity index (χ1n) is 8.45. The molecule has 1 aliphatic heterocycles. The Morgan fingerprint density at radius 1 is 1.23 bits per heavy atom. The normalized spacial score (nSPS) is 18.1. The van der Waals surface area contributed by atoms with Crippen LogP contribution in [0.15, 0.2) is 36.7 Å². The highest BCUT2D eigenvalue weighted by Crippen LogP contribution is 2.30. The molecule has 1 aromatic heterocycles. The number of hydrogen-bond acceptors (Lipinski definition) is 5. The van der Waals surface area contributed by atoms with E-state index >= 15 is 0 Å². The maximum absolute atomic E-state index is 12.8. The van der Waals surface area contributed by atoms with Crippen molar-refractivity contribution < 1.29 is 13.2 Å². The van der Waals surface area contributed by atoms with E-state index in [0.717, 1.165) is 37.2 Å². The summed E-state index contributed by atoms with van der Waals surface area (Å²) in [5.41, 5.74) is 0.0819. The average molecular weight is 365 g/mol. The Morgan fingerprint density at radius 3 is 2.77 bits per heavy atom. The molecule has 0 radical (unpaired) electrons. The summed E-state index contributed by atoms with van der Waals surface area (Å²) in [6.07, 6.45) is -1.87. The minimum absolute atomic E-state index is 0.214. The molecule has 1 fully saturated rings. The van der Waals surface area contributed by atoms with Crippen molar-refractivity contribution in [1.29, 1.82) is 0 Å². The SMILES string of the molecule is CN(C)c1cc(NC2CCN(Cc3cccc(C(F)(F)F)c3)C2)ncn1. The highest BCUT2D eigenvalue weighted by atomic mass is 19.4. The van der Waals surface area contributed by atoms with Crippen molar-refractivity contribution in [2.45, 2.75) is 25.2 Å². The molecule has 2 heterocycles. The highest BCUT2D eigenvalue weighted by molar-refractivity contribution is 5.48. The Bertz CT molecular complexity index is 748. The molecule has 2 aromatic rings. The standard InChI is InChI=1S/C18H22F3N5/c1-25(2)17-9-16(22-12-23-17)24-15-6-7-26(11-15)10-13-4-3-5-14(8-13)18(19,20)21/h3-5,8-9,12,15H,6-7,10-11H2,1-2H3,(H,22,23,24). The van der Waals surface area contributed by atoms with Gasteiger partial charge in [-0.15, -0.1) is 0 Å². The molecule has 0 spiro atoms. The van der Waals surface area contributed by atoms with Gasteiger partial charge < -0.3 is 10.2 Å². The molecule has 26 heavy (non-hydrogen) atoms. The van der Waals surface area contributed by atoms with Crippen LogP contribution in [0.4, 0.5) is 24.8 Å². The molecular formula is C18H22F3N5. The second-order valence-corrected chi connectivity index (χ2v) is 6.72. The molecule has 1 aromatic carbocycles. The van der Waals surface area contributed by atoms with E-state index in [2.05, 4.69) is 20.2 Å². The number of nitrogens with zero attached hydrogens (tertiary/aromatic N) is 4. The molecule has 0 saturated carbocycles. The summed E-state index contributed by atoms with van der Waals surface area (Å²) in [6, 6.07) is 7.64. The third kappa shape index (κ3) is 4.63. The summed E-state index contributed by atoms with van der Waals surface area (Å²) in [5, 5.41) is 3.39. The van der Waals surface area contributed by atoms with E-state index in [4.69, 9.17) is 0 Å². The van der Waals surface area contributed by atoms with Crippen LogP contribution in [0.2, 0.25) is 0 Å². The smallest absolute Gasteiger partial charge is 0.366 e. The third-order valence-corrected chi connectivity index (χ3v) is 4.40. The topological polar surface area (TPSA) is 44.3 Å². The van der Waals surface area contributed by atoms with E-state index < -0.39 is 11.7 Å². The van der Waals surface area contributed by atoms with E-state index in [9.17, 15) is 13.2 Å². The molecule has 8 heteroatoms. The predicted molar refractivity (Wildman–Crippen MR) is 95.1 cm³/mol. The zero-order valence-electron chi connectivity index (χ0n) is 14.8. The fraction of sp³-hybridized carbons (Fsp3) is 0.444. The number of rotatable bonds is 5. The van der Waals surface area contributed by atoms with Crippen LogP contribution in [0, 0.1) is 0 Å². The van der Waals surface area contributed by atoms with E-state index in [1.807, 2.05) is 25.1 Å². The monoisotopic (exact) mass is 365 g/mol. The van der Waals surface area contributed by atoms with Gasteiger partial charge in [-0.05, 0) is 18.1 Å². The number of aromatic nitrogens is 2. The van der Waals surface area contributed by atoms with Gasteiger partial charge in [0.2, 0.25) is 0 Å².